The Balaban J connectivity index is 2.35. The molecule has 0 unspecified atom stereocenters. The van der Waals surface area contributed by atoms with Gasteiger partial charge in [-0.15, -0.1) is 0 Å². The number of carbonyl (C=O) groups excluding carboxylic acids is 2. The third-order valence-corrected chi connectivity index (χ3v) is 3.09. The van der Waals surface area contributed by atoms with Crippen molar-refractivity contribution in [1.29, 1.82) is 0 Å². The molecule has 0 fully saturated rings. The predicted molar refractivity (Wildman–Crippen MR) is 78.0 cm³/mol. The lowest BCUT2D eigenvalue weighted by atomic mass is 10.0. The van der Waals surface area contributed by atoms with Gasteiger partial charge in [0.2, 0.25) is 11.6 Å². The largest absolute Gasteiger partial charge is 0.504 e. The number of hydrogen-bond donors (Lipinski definition) is 2. The topological polar surface area (TPSA) is 93.1 Å². The van der Waals surface area contributed by atoms with Crippen LogP contribution in [0.25, 0.3) is 0 Å². The van der Waals surface area contributed by atoms with E-state index in [1.54, 1.807) is 0 Å². The minimum atomic E-state index is -0.758. The second-order valence-corrected chi connectivity index (χ2v) is 4.43. The van der Waals surface area contributed by atoms with Gasteiger partial charge in [0.15, 0.2) is 23.0 Å². The molecular formula is C16H14O6. The van der Waals surface area contributed by atoms with Crippen molar-refractivity contribution in [2.24, 2.45) is 0 Å². The summed E-state index contributed by atoms with van der Waals surface area (Å²) in [6.45, 7) is 0. The molecule has 0 atom stereocenters. The number of benzene rings is 2. The lowest BCUT2D eigenvalue weighted by Gasteiger charge is -2.07. The van der Waals surface area contributed by atoms with Gasteiger partial charge in [0, 0.05) is 11.1 Å². The van der Waals surface area contributed by atoms with Crippen molar-refractivity contribution in [3.05, 3.63) is 47.5 Å². The minimum absolute atomic E-state index is 0.0895. The first-order valence-electron chi connectivity index (χ1n) is 6.31. The highest BCUT2D eigenvalue weighted by Gasteiger charge is 2.21. The van der Waals surface area contributed by atoms with Gasteiger partial charge in [0.05, 0.1) is 14.2 Å². The second kappa shape index (κ2) is 6.17. The van der Waals surface area contributed by atoms with Crippen LogP contribution in [0, 0.1) is 0 Å². The van der Waals surface area contributed by atoms with E-state index >= 15 is 0 Å². The van der Waals surface area contributed by atoms with Crippen LogP contribution in [-0.4, -0.2) is 36.0 Å². The first kappa shape index (κ1) is 15.4. The zero-order chi connectivity index (χ0) is 16.3. The fourth-order valence-corrected chi connectivity index (χ4v) is 1.90. The number of rotatable bonds is 5. The number of methoxy groups -OCH3 is 2. The second-order valence-electron chi connectivity index (χ2n) is 4.43. The van der Waals surface area contributed by atoms with E-state index in [4.69, 9.17) is 9.47 Å². The van der Waals surface area contributed by atoms with Crippen LogP contribution in [0.5, 0.6) is 23.0 Å². The normalized spacial score (nSPS) is 10.1. The van der Waals surface area contributed by atoms with E-state index in [2.05, 4.69) is 0 Å². The molecule has 2 rings (SSSR count). The molecule has 0 saturated carbocycles. The van der Waals surface area contributed by atoms with E-state index in [0.29, 0.717) is 0 Å². The molecule has 2 aromatic rings. The number of phenolic OH excluding ortho intramolecular Hbond substituents is 2. The van der Waals surface area contributed by atoms with E-state index in [9.17, 15) is 19.8 Å². The quantitative estimate of drug-likeness (QED) is 0.649. The van der Waals surface area contributed by atoms with Gasteiger partial charge in [-0.2, -0.15) is 0 Å². The van der Waals surface area contributed by atoms with Gasteiger partial charge >= 0.3 is 0 Å². The third-order valence-electron chi connectivity index (χ3n) is 3.09. The van der Waals surface area contributed by atoms with Crippen molar-refractivity contribution in [3.8, 4) is 23.0 Å². The van der Waals surface area contributed by atoms with Gasteiger partial charge < -0.3 is 19.7 Å². The maximum absolute atomic E-state index is 12.2. The van der Waals surface area contributed by atoms with E-state index in [0.717, 1.165) is 0 Å². The SMILES string of the molecule is COc1cc(C(=O)C(=O)c2ccc(O)c(OC)c2)ccc1O. The molecule has 0 aromatic heterocycles. The molecule has 6 nitrogen and oxygen atoms in total. The number of ketones is 2. The molecule has 0 amide bonds. The molecule has 0 saturated heterocycles. The highest BCUT2D eigenvalue weighted by Crippen LogP contribution is 2.29. The van der Waals surface area contributed by atoms with Crippen LogP contribution in [0.15, 0.2) is 36.4 Å². The third kappa shape index (κ3) is 2.85. The number of ether oxygens (including phenoxy) is 2. The summed E-state index contributed by atoms with van der Waals surface area (Å²) in [4.78, 5) is 24.4. The molecule has 2 aromatic carbocycles. The van der Waals surface area contributed by atoms with Crippen LogP contribution in [0.3, 0.4) is 0 Å². The van der Waals surface area contributed by atoms with Gasteiger partial charge in [-0.3, -0.25) is 9.59 Å². The van der Waals surface area contributed by atoms with Crippen LogP contribution in [0.2, 0.25) is 0 Å². The summed E-state index contributed by atoms with van der Waals surface area (Å²) >= 11 is 0. The van der Waals surface area contributed by atoms with Crippen molar-refractivity contribution in [1.82, 2.24) is 0 Å². The highest BCUT2D eigenvalue weighted by molar-refractivity contribution is 6.49. The summed E-state index contributed by atoms with van der Waals surface area (Å²) in [5.74, 6) is -1.57. The summed E-state index contributed by atoms with van der Waals surface area (Å²) in [6.07, 6.45) is 0. The van der Waals surface area contributed by atoms with Gasteiger partial charge in [0.25, 0.3) is 0 Å². The Morgan fingerprint density at radius 3 is 1.45 bits per heavy atom. The molecule has 22 heavy (non-hydrogen) atoms. The lowest BCUT2D eigenvalue weighted by molar-refractivity contribution is 0.0816. The van der Waals surface area contributed by atoms with Gasteiger partial charge in [-0.1, -0.05) is 0 Å². The monoisotopic (exact) mass is 302 g/mol. The first-order chi connectivity index (χ1) is 10.5. The zero-order valence-electron chi connectivity index (χ0n) is 12.0. The molecule has 0 spiro atoms. The Hall–Kier alpha value is -3.02. The summed E-state index contributed by atoms with van der Waals surface area (Å²) < 4.78 is 9.81. The molecule has 0 aliphatic heterocycles. The number of hydrogen-bond acceptors (Lipinski definition) is 6. The minimum Gasteiger partial charge on any atom is -0.504 e. The average Bonchev–Trinajstić information content (AvgIpc) is 2.54. The van der Waals surface area contributed by atoms with Gasteiger partial charge in [0.1, 0.15) is 0 Å². The zero-order valence-corrected chi connectivity index (χ0v) is 12.0. The molecule has 0 aliphatic carbocycles. The smallest absolute Gasteiger partial charge is 0.233 e. The first-order valence-corrected chi connectivity index (χ1v) is 6.31. The molecule has 2 N–H and O–H groups in total. The molecule has 0 aliphatic rings. The van der Waals surface area contributed by atoms with Crippen molar-refractivity contribution in [2.45, 2.75) is 0 Å². The van der Waals surface area contributed by atoms with E-state index in [1.807, 2.05) is 0 Å². The molecule has 0 heterocycles. The van der Waals surface area contributed by atoms with Crippen LogP contribution in [0.4, 0.5) is 0 Å². The maximum atomic E-state index is 12.2. The van der Waals surface area contributed by atoms with Crippen molar-refractivity contribution < 1.29 is 29.3 Å². The fraction of sp³-hybridized carbons (Fsp3) is 0.125. The molecule has 6 heteroatoms. The van der Waals surface area contributed by atoms with Crippen LogP contribution < -0.4 is 9.47 Å². The molecule has 0 radical (unpaired) electrons. The summed E-state index contributed by atoms with van der Waals surface area (Å²) in [5.41, 5.74) is 0.179. The van der Waals surface area contributed by atoms with Crippen LogP contribution in [-0.2, 0) is 0 Å². The number of carbonyl (C=O) groups is 2. The highest BCUT2D eigenvalue weighted by atomic mass is 16.5. The van der Waals surface area contributed by atoms with Crippen LogP contribution >= 0.6 is 0 Å². The molecule has 114 valence electrons. The van der Waals surface area contributed by atoms with Gasteiger partial charge in [-0.05, 0) is 36.4 Å². The van der Waals surface area contributed by atoms with Gasteiger partial charge in [-0.25, -0.2) is 0 Å². The summed E-state index contributed by atoms with van der Waals surface area (Å²) in [7, 11) is 2.69. The van der Waals surface area contributed by atoms with Crippen LogP contribution in [0.1, 0.15) is 20.7 Å². The number of aromatic hydroxyl groups is 2. The Labute approximate surface area is 126 Å². The summed E-state index contributed by atoms with van der Waals surface area (Å²) in [5, 5.41) is 19.0. The Morgan fingerprint density at radius 2 is 1.14 bits per heavy atom. The Morgan fingerprint density at radius 1 is 0.773 bits per heavy atom. The molecule has 0 bridgehead atoms. The number of Topliss-reactive ketones (excluding diaryl/α,β-unsaturated/α-hetero) is 2. The maximum Gasteiger partial charge on any atom is 0.233 e. The Bertz CT molecular complexity index is 672. The lowest BCUT2D eigenvalue weighted by Crippen LogP contribution is -2.14. The number of phenols is 2. The van der Waals surface area contributed by atoms with Crippen molar-refractivity contribution in [3.63, 3.8) is 0 Å². The standard InChI is InChI=1S/C16H14O6/c1-21-13-7-9(3-5-11(13)17)15(19)16(20)10-4-6-12(18)14(8-10)22-2/h3-8,17-18H,1-2H3. The van der Waals surface area contributed by atoms with E-state index in [-0.39, 0.29) is 34.1 Å². The summed E-state index contributed by atoms with van der Waals surface area (Å²) in [6, 6.07) is 7.78. The van der Waals surface area contributed by atoms with Crippen molar-refractivity contribution >= 4 is 11.6 Å². The van der Waals surface area contributed by atoms with E-state index in [1.165, 1.54) is 50.6 Å². The van der Waals surface area contributed by atoms with E-state index < -0.39 is 11.6 Å². The van der Waals surface area contributed by atoms with Crippen molar-refractivity contribution in [2.75, 3.05) is 14.2 Å². The fourth-order valence-electron chi connectivity index (χ4n) is 1.90. The predicted octanol–water partition coefficient (Wildman–Crippen LogP) is 2.18. The average molecular weight is 302 g/mol. The Kier molecular flexibility index (Phi) is 4.31. The molecular weight excluding hydrogens is 288 g/mol.